The predicted molar refractivity (Wildman–Crippen MR) is 62.3 cm³/mol. The van der Waals surface area contributed by atoms with Crippen molar-refractivity contribution in [2.75, 3.05) is 18.0 Å². The molecule has 4 heteroatoms. The molecule has 3 nitrogen and oxygen atoms in total. The normalized spacial score (nSPS) is 18.3. The fourth-order valence-corrected chi connectivity index (χ4v) is 2.05. The second-order valence-electron chi connectivity index (χ2n) is 3.97. The zero-order valence-electron chi connectivity index (χ0n) is 8.82. The molecule has 0 amide bonds. The largest absolute Gasteiger partial charge is 0.355 e. The summed E-state index contributed by atoms with van der Waals surface area (Å²) in [5, 5.41) is 8.46. The van der Waals surface area contributed by atoms with Crippen molar-refractivity contribution < 1.29 is 0 Å². The molecule has 1 aliphatic heterocycles. The van der Waals surface area contributed by atoms with E-state index in [1.807, 2.05) is 12.1 Å². The van der Waals surface area contributed by atoms with E-state index in [0.29, 0.717) is 5.15 Å². The summed E-state index contributed by atoms with van der Waals surface area (Å²) in [6.45, 7) is 2.19. The molecule has 1 saturated heterocycles. The Morgan fingerprint density at radius 1 is 0.933 bits per heavy atom. The summed E-state index contributed by atoms with van der Waals surface area (Å²) < 4.78 is 0. The Balaban J connectivity index is 2.03. The summed E-state index contributed by atoms with van der Waals surface area (Å²) >= 11 is 5.72. The summed E-state index contributed by atoms with van der Waals surface area (Å²) in [6, 6.07) is 3.76. The van der Waals surface area contributed by atoms with E-state index < -0.39 is 0 Å². The average molecular weight is 226 g/mol. The first kappa shape index (κ1) is 10.7. The van der Waals surface area contributed by atoms with E-state index in [1.165, 1.54) is 32.1 Å². The third-order valence-corrected chi connectivity index (χ3v) is 3.00. The second kappa shape index (κ2) is 5.31. The van der Waals surface area contributed by atoms with Gasteiger partial charge in [-0.25, -0.2) is 0 Å². The Morgan fingerprint density at radius 3 is 2.20 bits per heavy atom. The fourth-order valence-electron chi connectivity index (χ4n) is 1.95. The van der Waals surface area contributed by atoms with E-state index in [2.05, 4.69) is 15.1 Å². The zero-order chi connectivity index (χ0) is 10.5. The van der Waals surface area contributed by atoms with Gasteiger partial charge in [0.25, 0.3) is 0 Å². The lowest BCUT2D eigenvalue weighted by atomic mass is 10.1. The van der Waals surface area contributed by atoms with Gasteiger partial charge in [0.15, 0.2) is 11.0 Å². The van der Waals surface area contributed by atoms with Gasteiger partial charge in [-0.1, -0.05) is 30.9 Å². The van der Waals surface area contributed by atoms with Gasteiger partial charge in [0.1, 0.15) is 0 Å². The van der Waals surface area contributed by atoms with Crippen LogP contribution in [0.5, 0.6) is 0 Å². The summed E-state index contributed by atoms with van der Waals surface area (Å²) in [5.41, 5.74) is 0. The number of halogens is 1. The Kier molecular flexibility index (Phi) is 3.78. The molecule has 0 aliphatic carbocycles. The van der Waals surface area contributed by atoms with Gasteiger partial charge in [-0.05, 0) is 25.0 Å². The first-order chi connectivity index (χ1) is 7.36. The molecule has 1 fully saturated rings. The lowest BCUT2D eigenvalue weighted by molar-refractivity contribution is 0.552. The summed E-state index contributed by atoms with van der Waals surface area (Å²) in [5.74, 6) is 0.960. The molecule has 2 heterocycles. The number of nitrogens with zero attached hydrogens (tertiary/aromatic N) is 3. The van der Waals surface area contributed by atoms with E-state index in [-0.39, 0.29) is 0 Å². The van der Waals surface area contributed by atoms with Gasteiger partial charge in [0.05, 0.1) is 0 Å². The summed E-state index contributed by atoms with van der Waals surface area (Å²) in [7, 11) is 0. The smallest absolute Gasteiger partial charge is 0.151 e. The minimum absolute atomic E-state index is 0.464. The number of anilines is 1. The Labute approximate surface area is 95.5 Å². The van der Waals surface area contributed by atoms with Crippen LogP contribution in [0.15, 0.2) is 12.1 Å². The van der Waals surface area contributed by atoms with Gasteiger partial charge in [0.2, 0.25) is 0 Å². The van der Waals surface area contributed by atoms with Gasteiger partial charge in [-0.3, -0.25) is 0 Å². The molecule has 82 valence electrons. The van der Waals surface area contributed by atoms with Gasteiger partial charge < -0.3 is 4.90 Å². The van der Waals surface area contributed by atoms with Crippen molar-refractivity contribution in [3.63, 3.8) is 0 Å². The Morgan fingerprint density at radius 2 is 1.60 bits per heavy atom. The SMILES string of the molecule is Clc1ccc(N2CCCCCCC2)nn1. The third kappa shape index (κ3) is 3.06. The topological polar surface area (TPSA) is 29.0 Å². The maximum absolute atomic E-state index is 5.72. The van der Waals surface area contributed by atoms with Gasteiger partial charge in [-0.15, -0.1) is 10.2 Å². The van der Waals surface area contributed by atoms with Crippen LogP contribution < -0.4 is 4.90 Å². The van der Waals surface area contributed by atoms with Crippen molar-refractivity contribution in [1.82, 2.24) is 10.2 Å². The van der Waals surface area contributed by atoms with Crippen molar-refractivity contribution in [1.29, 1.82) is 0 Å². The van der Waals surface area contributed by atoms with Crippen molar-refractivity contribution in [2.45, 2.75) is 32.1 Å². The zero-order valence-corrected chi connectivity index (χ0v) is 9.58. The van der Waals surface area contributed by atoms with E-state index in [9.17, 15) is 0 Å². The Bertz CT molecular complexity index is 291. The molecule has 2 rings (SSSR count). The fraction of sp³-hybridized carbons (Fsp3) is 0.636. The number of aromatic nitrogens is 2. The molecule has 0 bridgehead atoms. The summed E-state index contributed by atoms with van der Waals surface area (Å²) in [6.07, 6.45) is 6.55. The molecular weight excluding hydrogens is 210 g/mol. The highest BCUT2D eigenvalue weighted by molar-refractivity contribution is 6.29. The Hall–Kier alpha value is -0.830. The molecule has 0 radical (unpaired) electrons. The van der Waals surface area contributed by atoms with Crippen molar-refractivity contribution >= 4 is 17.4 Å². The molecule has 1 aromatic rings. The van der Waals surface area contributed by atoms with Crippen LogP contribution in [0, 0.1) is 0 Å². The first-order valence-electron chi connectivity index (χ1n) is 5.60. The third-order valence-electron chi connectivity index (χ3n) is 2.80. The number of hydrogen-bond acceptors (Lipinski definition) is 3. The molecular formula is C11H16ClN3. The van der Waals surface area contributed by atoms with Crippen molar-refractivity contribution in [3.8, 4) is 0 Å². The highest BCUT2D eigenvalue weighted by atomic mass is 35.5. The van der Waals surface area contributed by atoms with E-state index >= 15 is 0 Å². The average Bonchev–Trinajstić information content (AvgIpc) is 2.19. The minimum atomic E-state index is 0.464. The lowest BCUT2D eigenvalue weighted by Gasteiger charge is -2.25. The van der Waals surface area contributed by atoms with Crippen molar-refractivity contribution in [3.05, 3.63) is 17.3 Å². The van der Waals surface area contributed by atoms with Gasteiger partial charge >= 0.3 is 0 Å². The molecule has 0 aromatic carbocycles. The van der Waals surface area contributed by atoms with Crippen LogP contribution in [0.2, 0.25) is 5.15 Å². The maximum atomic E-state index is 5.72. The highest BCUT2D eigenvalue weighted by Crippen LogP contribution is 2.17. The maximum Gasteiger partial charge on any atom is 0.151 e. The number of rotatable bonds is 1. The standard InChI is InChI=1S/C11H16ClN3/c12-10-6-7-11(14-13-10)15-8-4-2-1-3-5-9-15/h6-7H,1-5,8-9H2. The summed E-state index contributed by atoms with van der Waals surface area (Å²) in [4.78, 5) is 2.31. The van der Waals surface area contributed by atoms with E-state index in [0.717, 1.165) is 18.9 Å². The quantitative estimate of drug-likeness (QED) is 0.736. The molecule has 0 N–H and O–H groups in total. The molecule has 0 saturated carbocycles. The molecule has 1 aliphatic rings. The van der Waals surface area contributed by atoms with Crippen LogP contribution in [0.25, 0.3) is 0 Å². The van der Waals surface area contributed by atoms with E-state index in [1.54, 1.807) is 0 Å². The van der Waals surface area contributed by atoms with Crippen LogP contribution >= 0.6 is 11.6 Å². The van der Waals surface area contributed by atoms with Gasteiger partial charge in [-0.2, -0.15) is 0 Å². The van der Waals surface area contributed by atoms with Crippen LogP contribution in [0.1, 0.15) is 32.1 Å². The van der Waals surface area contributed by atoms with Gasteiger partial charge in [0, 0.05) is 13.1 Å². The van der Waals surface area contributed by atoms with Crippen molar-refractivity contribution in [2.24, 2.45) is 0 Å². The van der Waals surface area contributed by atoms with Crippen LogP contribution in [-0.2, 0) is 0 Å². The first-order valence-corrected chi connectivity index (χ1v) is 5.98. The molecule has 15 heavy (non-hydrogen) atoms. The van der Waals surface area contributed by atoms with Crippen LogP contribution in [0.3, 0.4) is 0 Å². The molecule has 1 aromatic heterocycles. The van der Waals surface area contributed by atoms with E-state index in [4.69, 9.17) is 11.6 Å². The lowest BCUT2D eigenvalue weighted by Crippen LogP contribution is -2.27. The second-order valence-corrected chi connectivity index (χ2v) is 4.36. The molecule has 0 atom stereocenters. The molecule has 0 unspecified atom stereocenters. The number of hydrogen-bond donors (Lipinski definition) is 0. The van der Waals surface area contributed by atoms with Crippen LogP contribution in [-0.4, -0.2) is 23.3 Å². The minimum Gasteiger partial charge on any atom is -0.355 e. The monoisotopic (exact) mass is 225 g/mol. The molecule has 0 spiro atoms. The highest BCUT2D eigenvalue weighted by Gasteiger charge is 2.10. The predicted octanol–water partition coefficient (Wildman–Crippen LogP) is 2.90. The van der Waals surface area contributed by atoms with Crippen LogP contribution in [0.4, 0.5) is 5.82 Å².